The Bertz CT molecular complexity index is 761. The third kappa shape index (κ3) is 6.46. The highest BCUT2D eigenvalue weighted by Crippen LogP contribution is 2.63. The monoisotopic (exact) mass is 446 g/mol. The van der Waals surface area contributed by atoms with E-state index in [1.807, 2.05) is 0 Å². The van der Waals surface area contributed by atoms with Gasteiger partial charge in [0.25, 0.3) is 0 Å². The smallest absolute Gasteiger partial charge is 0.0890 e. The molecule has 4 heteroatoms. The van der Waals surface area contributed by atoms with Crippen LogP contribution >= 0.6 is 15.8 Å². The largest absolute Gasteiger partial charge is 0.249 e. The van der Waals surface area contributed by atoms with Crippen LogP contribution in [-0.2, 0) is 12.3 Å². The standard InChI is InChI=1S/C26H44N2P2/c1-23(2,3)29(24(4,5)6)17-21-22(18-30(25(7,8)9)26(10,11)12)28-20-16-14-13-15-19(20)27-21/h13-16H,17-18H2,1-12H3. The summed E-state index contributed by atoms with van der Waals surface area (Å²) < 4.78 is 0. The lowest BCUT2D eigenvalue weighted by Gasteiger charge is -2.43. The van der Waals surface area contributed by atoms with Crippen molar-refractivity contribution in [3.63, 3.8) is 0 Å². The Morgan fingerprint density at radius 2 is 0.800 bits per heavy atom. The van der Waals surface area contributed by atoms with E-state index in [1.54, 1.807) is 0 Å². The summed E-state index contributed by atoms with van der Waals surface area (Å²) in [5.74, 6) is 0. The number of nitrogens with zero attached hydrogens (tertiary/aromatic N) is 2. The lowest BCUT2D eigenvalue weighted by Crippen LogP contribution is -2.28. The second kappa shape index (κ2) is 8.75. The van der Waals surface area contributed by atoms with Gasteiger partial charge in [-0.2, -0.15) is 0 Å². The molecule has 0 atom stereocenters. The first-order valence-corrected chi connectivity index (χ1v) is 14.3. The van der Waals surface area contributed by atoms with E-state index >= 15 is 0 Å². The van der Waals surface area contributed by atoms with Gasteiger partial charge in [0.1, 0.15) is 0 Å². The number of hydrogen-bond donors (Lipinski definition) is 0. The predicted octanol–water partition coefficient (Wildman–Crippen LogP) is 8.79. The molecule has 2 nitrogen and oxygen atoms in total. The van der Waals surface area contributed by atoms with Crippen LogP contribution in [0.3, 0.4) is 0 Å². The van der Waals surface area contributed by atoms with E-state index in [9.17, 15) is 0 Å². The van der Waals surface area contributed by atoms with Crippen molar-refractivity contribution in [1.29, 1.82) is 0 Å². The van der Waals surface area contributed by atoms with Gasteiger partial charge in [0, 0.05) is 12.3 Å². The quantitative estimate of drug-likeness (QED) is 0.439. The van der Waals surface area contributed by atoms with Crippen LogP contribution in [0.4, 0.5) is 0 Å². The second-order valence-corrected chi connectivity index (χ2v) is 20.2. The Labute approximate surface area is 188 Å². The highest BCUT2D eigenvalue weighted by atomic mass is 31.1. The van der Waals surface area contributed by atoms with Gasteiger partial charge in [-0.15, -0.1) is 0 Å². The van der Waals surface area contributed by atoms with Crippen LogP contribution in [-0.4, -0.2) is 30.6 Å². The molecule has 168 valence electrons. The first-order chi connectivity index (χ1) is 13.4. The summed E-state index contributed by atoms with van der Waals surface area (Å²) in [6.07, 6.45) is 2.10. The molecule has 0 saturated heterocycles. The first kappa shape index (κ1) is 25.7. The molecule has 0 fully saturated rings. The van der Waals surface area contributed by atoms with E-state index in [2.05, 4.69) is 107 Å². The maximum atomic E-state index is 5.22. The summed E-state index contributed by atoms with van der Waals surface area (Å²) in [4.78, 5) is 10.4. The average molecular weight is 447 g/mol. The van der Waals surface area contributed by atoms with E-state index in [-0.39, 0.29) is 36.5 Å². The van der Waals surface area contributed by atoms with E-state index < -0.39 is 0 Å². The lowest BCUT2D eigenvalue weighted by molar-refractivity contribution is 0.697. The molecule has 1 heterocycles. The summed E-state index contributed by atoms with van der Waals surface area (Å²) in [6, 6.07) is 8.38. The van der Waals surface area contributed by atoms with Gasteiger partial charge in [-0.25, -0.2) is 9.97 Å². The van der Waals surface area contributed by atoms with Gasteiger partial charge < -0.3 is 0 Å². The molecule has 0 bridgehead atoms. The number of para-hydroxylation sites is 2. The van der Waals surface area contributed by atoms with Crippen LogP contribution in [0.25, 0.3) is 11.0 Å². The minimum Gasteiger partial charge on any atom is -0.249 e. The molecule has 1 aromatic carbocycles. The normalized spacial score (nSPS) is 14.2. The Balaban J connectivity index is 2.63. The number of fused-ring (bicyclic) bond motifs is 1. The zero-order valence-electron chi connectivity index (χ0n) is 21.5. The van der Waals surface area contributed by atoms with Crippen LogP contribution < -0.4 is 0 Å². The van der Waals surface area contributed by atoms with Crippen molar-refractivity contribution in [2.24, 2.45) is 0 Å². The number of benzene rings is 1. The number of rotatable bonds is 4. The molecule has 30 heavy (non-hydrogen) atoms. The summed E-state index contributed by atoms with van der Waals surface area (Å²) in [5, 5.41) is 1.10. The van der Waals surface area contributed by atoms with E-state index in [0.29, 0.717) is 0 Å². The molecule has 0 aliphatic carbocycles. The van der Waals surface area contributed by atoms with Crippen molar-refractivity contribution in [2.45, 2.75) is 116 Å². The van der Waals surface area contributed by atoms with Gasteiger partial charge in [-0.3, -0.25) is 0 Å². The summed E-state index contributed by atoms with van der Waals surface area (Å²) >= 11 is 0. The minimum atomic E-state index is -0.267. The van der Waals surface area contributed by atoms with Crippen molar-refractivity contribution in [2.75, 3.05) is 0 Å². The van der Waals surface area contributed by atoms with Crippen molar-refractivity contribution >= 4 is 26.9 Å². The zero-order chi connectivity index (χ0) is 23.1. The molecule has 0 radical (unpaired) electrons. The van der Waals surface area contributed by atoms with Crippen LogP contribution in [0.15, 0.2) is 24.3 Å². The Morgan fingerprint density at radius 1 is 0.533 bits per heavy atom. The molecule has 2 rings (SSSR count). The Kier molecular flexibility index (Phi) is 7.49. The highest BCUT2D eigenvalue weighted by molar-refractivity contribution is 7.60. The second-order valence-electron chi connectivity index (χ2n) is 12.5. The van der Waals surface area contributed by atoms with Crippen molar-refractivity contribution in [3.05, 3.63) is 35.7 Å². The minimum absolute atomic E-state index is 0.267. The number of hydrogen-bond acceptors (Lipinski definition) is 2. The fourth-order valence-electron chi connectivity index (χ4n) is 4.59. The van der Waals surface area contributed by atoms with Crippen LogP contribution in [0.1, 0.15) is 94.5 Å². The molecule has 0 saturated carbocycles. The Morgan fingerprint density at radius 3 is 1.03 bits per heavy atom. The summed E-state index contributed by atoms with van der Waals surface area (Å²) in [7, 11) is -0.534. The van der Waals surface area contributed by atoms with Crippen molar-refractivity contribution in [3.8, 4) is 0 Å². The molecular weight excluding hydrogens is 402 g/mol. The maximum Gasteiger partial charge on any atom is 0.0890 e. The van der Waals surface area contributed by atoms with E-state index in [1.165, 1.54) is 11.4 Å². The molecule has 0 aliphatic rings. The molecular formula is C26H44N2P2. The number of aromatic nitrogens is 2. The predicted molar refractivity (Wildman–Crippen MR) is 140 cm³/mol. The van der Waals surface area contributed by atoms with Gasteiger partial charge in [-0.05, 0) is 32.8 Å². The van der Waals surface area contributed by atoms with Crippen LogP contribution in [0.2, 0.25) is 0 Å². The maximum absolute atomic E-state index is 5.22. The van der Waals surface area contributed by atoms with Gasteiger partial charge in [0.15, 0.2) is 0 Å². The SMILES string of the molecule is CC(C)(C)P(Cc1nc2ccccc2nc1CP(C(C)(C)C)C(C)(C)C)C(C)(C)C. The fourth-order valence-corrected chi connectivity index (χ4v) is 11.6. The topological polar surface area (TPSA) is 25.8 Å². The first-order valence-electron chi connectivity index (χ1n) is 11.2. The average Bonchev–Trinajstić information content (AvgIpc) is 2.53. The van der Waals surface area contributed by atoms with Crippen LogP contribution in [0.5, 0.6) is 0 Å². The van der Waals surface area contributed by atoms with E-state index in [0.717, 1.165) is 23.4 Å². The van der Waals surface area contributed by atoms with Crippen LogP contribution in [0, 0.1) is 0 Å². The summed E-state index contributed by atoms with van der Waals surface area (Å²) in [6.45, 7) is 28.8. The highest BCUT2D eigenvalue weighted by Gasteiger charge is 2.38. The van der Waals surface area contributed by atoms with Gasteiger partial charge in [0.2, 0.25) is 0 Å². The van der Waals surface area contributed by atoms with Gasteiger partial charge >= 0.3 is 0 Å². The van der Waals surface area contributed by atoms with Gasteiger partial charge in [0.05, 0.1) is 22.4 Å². The third-order valence-electron chi connectivity index (χ3n) is 5.58. The fraction of sp³-hybridized carbons (Fsp3) is 0.692. The van der Waals surface area contributed by atoms with Gasteiger partial charge in [-0.1, -0.05) is 111 Å². The van der Waals surface area contributed by atoms with E-state index in [4.69, 9.17) is 9.97 Å². The molecule has 0 unspecified atom stereocenters. The van der Waals surface area contributed by atoms with Crippen molar-refractivity contribution < 1.29 is 0 Å². The molecule has 0 spiro atoms. The zero-order valence-corrected chi connectivity index (χ0v) is 23.3. The summed E-state index contributed by atoms with van der Waals surface area (Å²) in [5.41, 5.74) is 4.55. The molecule has 1 aromatic heterocycles. The third-order valence-corrected chi connectivity index (χ3v) is 13.3. The molecule has 0 aliphatic heterocycles. The lowest BCUT2D eigenvalue weighted by atomic mass is 10.2. The molecule has 0 amide bonds. The van der Waals surface area contributed by atoms with Crippen molar-refractivity contribution in [1.82, 2.24) is 9.97 Å². The molecule has 0 N–H and O–H groups in total. The Hall–Kier alpha value is -0.580. The molecule has 2 aromatic rings.